The molecule has 1 aliphatic carbocycles. The van der Waals surface area contributed by atoms with Crippen LogP contribution < -0.4 is 16.8 Å². The Morgan fingerprint density at radius 2 is 1.59 bits per heavy atom. The predicted molar refractivity (Wildman–Crippen MR) is 201 cm³/mol. The van der Waals surface area contributed by atoms with E-state index in [-0.39, 0.29) is 32.5 Å². The van der Waals surface area contributed by atoms with Crippen LogP contribution >= 0.6 is 0 Å². The molecule has 3 rings (SSSR count). The standard InChI is InChI=1S/C38H66N4O12/c1-20(2)9-7-10-21(3)11-8-12-22(4)13-14-42-18-26(44)25(43)16-23-15-24(40)34(54-37-30(47)29(46)28(45)27(17-39)52-37)31(48)33(23)53-36-32(49)35(41-6)38(5,50)19-51-36/h9,11,13-14,23-24,26-37,41,44-50H,7-8,10,12,15-19,39-40H2,1-6H3/b21-11+,22-13+,42-14?. The lowest BCUT2D eigenvalue weighted by atomic mass is 9.76. The summed E-state index contributed by atoms with van der Waals surface area (Å²) < 4.78 is 23.3. The van der Waals surface area contributed by atoms with Gasteiger partial charge in [0.2, 0.25) is 0 Å². The molecule has 2 aliphatic heterocycles. The summed E-state index contributed by atoms with van der Waals surface area (Å²) in [5.41, 5.74) is 14.4. The molecule has 0 aromatic carbocycles. The summed E-state index contributed by atoms with van der Waals surface area (Å²) in [5, 5.41) is 78.3. The normalized spacial score (nSPS) is 38.8. The quantitative estimate of drug-likeness (QED) is 0.0598. The van der Waals surface area contributed by atoms with Gasteiger partial charge in [0, 0.05) is 25.2 Å². The van der Waals surface area contributed by atoms with E-state index in [0.29, 0.717) is 0 Å². The average molecular weight is 771 g/mol. The molecule has 0 aromatic heterocycles. The van der Waals surface area contributed by atoms with Gasteiger partial charge in [0.1, 0.15) is 54.4 Å². The maximum absolute atomic E-state index is 13.3. The molecule has 15 unspecified atom stereocenters. The van der Waals surface area contributed by atoms with Gasteiger partial charge in [-0.2, -0.15) is 0 Å². The fourth-order valence-corrected chi connectivity index (χ4v) is 7.17. The number of nitrogens with two attached hydrogens (primary N) is 2. The number of likely N-dealkylation sites (N-methyl/N-ethyl adjacent to an activating group) is 1. The molecule has 2 heterocycles. The number of aliphatic hydroxyl groups is 7. The zero-order chi connectivity index (χ0) is 40.3. The second-order valence-corrected chi connectivity index (χ2v) is 15.5. The number of ketones is 1. The maximum Gasteiger partial charge on any atom is 0.187 e. The number of hydrogen-bond donors (Lipinski definition) is 10. The maximum atomic E-state index is 13.3. The van der Waals surface area contributed by atoms with E-state index >= 15 is 0 Å². The summed E-state index contributed by atoms with van der Waals surface area (Å²) in [5.74, 6) is -1.39. The van der Waals surface area contributed by atoms with Crippen molar-refractivity contribution in [2.75, 3.05) is 26.7 Å². The molecule has 0 radical (unpaired) electrons. The number of hydrogen-bond acceptors (Lipinski definition) is 16. The third-order valence-corrected chi connectivity index (χ3v) is 10.5. The molecule has 0 amide bonds. The fourth-order valence-electron chi connectivity index (χ4n) is 7.17. The SMILES string of the molecule is CNC1C(O)C(OC2C(CC(=O)C(O)CN=C/C=C(\C)CC/C=C(\C)CCC=C(C)C)CC(N)C(OC3OC(CN)C(O)C(O)C3O)C2O)OCC1(C)O. The van der Waals surface area contributed by atoms with E-state index in [1.165, 1.54) is 18.1 Å². The first-order valence-corrected chi connectivity index (χ1v) is 18.9. The van der Waals surface area contributed by atoms with Crippen LogP contribution in [0, 0.1) is 5.92 Å². The minimum atomic E-state index is -1.72. The van der Waals surface area contributed by atoms with E-state index < -0.39 is 96.9 Å². The van der Waals surface area contributed by atoms with Crippen molar-refractivity contribution in [2.45, 2.75) is 158 Å². The van der Waals surface area contributed by atoms with Crippen LogP contribution in [0.5, 0.6) is 0 Å². The fraction of sp³-hybridized carbons (Fsp3) is 0.789. The minimum Gasteiger partial charge on any atom is -0.388 e. The zero-order valence-corrected chi connectivity index (χ0v) is 32.5. The van der Waals surface area contributed by atoms with Crippen molar-refractivity contribution in [3.05, 3.63) is 34.9 Å². The smallest absolute Gasteiger partial charge is 0.187 e. The molecule has 0 aromatic rings. The van der Waals surface area contributed by atoms with Gasteiger partial charge in [-0.25, -0.2) is 0 Å². The molecule has 3 aliphatic rings. The molecule has 0 spiro atoms. The predicted octanol–water partition coefficient (Wildman–Crippen LogP) is -0.902. The van der Waals surface area contributed by atoms with Gasteiger partial charge in [-0.1, -0.05) is 28.9 Å². The summed E-state index contributed by atoms with van der Waals surface area (Å²) in [6.07, 6.45) is -4.52. The van der Waals surface area contributed by atoms with E-state index in [0.717, 1.165) is 31.3 Å². The third-order valence-electron chi connectivity index (χ3n) is 10.5. The first-order valence-electron chi connectivity index (χ1n) is 18.9. The third kappa shape index (κ3) is 12.8. The molecule has 12 N–H and O–H groups in total. The van der Waals surface area contributed by atoms with Crippen LogP contribution in [0.3, 0.4) is 0 Å². The van der Waals surface area contributed by atoms with Crippen LogP contribution in [0.1, 0.15) is 73.1 Å². The number of carbonyl (C=O) groups is 1. The highest BCUT2D eigenvalue weighted by atomic mass is 16.7. The number of carbonyl (C=O) groups excluding carboxylic acids is 1. The van der Waals surface area contributed by atoms with E-state index in [2.05, 4.69) is 43.2 Å². The largest absolute Gasteiger partial charge is 0.388 e. The Morgan fingerprint density at radius 1 is 0.944 bits per heavy atom. The minimum absolute atomic E-state index is 0.0171. The van der Waals surface area contributed by atoms with Gasteiger partial charge in [0.25, 0.3) is 0 Å². The number of nitrogens with one attached hydrogen (secondary N) is 1. The highest BCUT2D eigenvalue weighted by molar-refractivity contribution is 5.83. The highest BCUT2D eigenvalue weighted by Gasteiger charge is 2.53. The van der Waals surface area contributed by atoms with E-state index in [1.807, 2.05) is 13.0 Å². The number of ether oxygens (including phenoxy) is 4. The van der Waals surface area contributed by atoms with Gasteiger partial charge in [-0.15, -0.1) is 0 Å². The summed E-state index contributed by atoms with van der Waals surface area (Å²) in [4.78, 5) is 17.6. The first-order chi connectivity index (χ1) is 25.4. The van der Waals surface area contributed by atoms with Crippen molar-refractivity contribution in [1.29, 1.82) is 0 Å². The zero-order valence-electron chi connectivity index (χ0n) is 32.5. The first kappa shape index (κ1) is 46.4. The molecular weight excluding hydrogens is 704 g/mol. The second-order valence-electron chi connectivity index (χ2n) is 15.5. The summed E-state index contributed by atoms with van der Waals surface area (Å²) >= 11 is 0. The molecule has 2 saturated heterocycles. The van der Waals surface area contributed by atoms with E-state index in [9.17, 15) is 40.5 Å². The number of allylic oxidation sites excluding steroid dienone is 6. The Morgan fingerprint density at radius 3 is 2.24 bits per heavy atom. The number of nitrogens with zero attached hydrogens (tertiary/aromatic N) is 1. The number of aliphatic imine (C=N–C) groups is 1. The Labute approximate surface area is 318 Å². The Kier molecular flexibility index (Phi) is 18.5. The van der Waals surface area contributed by atoms with Crippen LogP contribution in [0.25, 0.3) is 0 Å². The lowest BCUT2D eigenvalue weighted by molar-refractivity contribution is -0.333. The summed E-state index contributed by atoms with van der Waals surface area (Å²) in [6.45, 7) is 9.16. The van der Waals surface area contributed by atoms with Gasteiger partial charge in [0.05, 0.1) is 25.3 Å². The Balaban J connectivity index is 1.69. The number of aliphatic hydroxyl groups excluding tert-OH is 6. The lowest BCUT2D eigenvalue weighted by Crippen LogP contribution is -2.67. The van der Waals surface area contributed by atoms with Gasteiger partial charge in [0.15, 0.2) is 18.4 Å². The molecule has 1 saturated carbocycles. The Hall–Kier alpha value is -2.00. The van der Waals surface area contributed by atoms with Crippen LogP contribution in [-0.4, -0.2) is 160 Å². The van der Waals surface area contributed by atoms with Gasteiger partial charge >= 0.3 is 0 Å². The average Bonchev–Trinajstić information content (AvgIpc) is 3.10. The van der Waals surface area contributed by atoms with Crippen molar-refractivity contribution < 1.29 is 59.5 Å². The summed E-state index contributed by atoms with van der Waals surface area (Å²) in [6, 6.07) is -1.84. The van der Waals surface area contributed by atoms with Crippen molar-refractivity contribution in [3.8, 4) is 0 Å². The molecule has 54 heavy (non-hydrogen) atoms. The van der Waals surface area contributed by atoms with Gasteiger partial charge < -0.3 is 71.5 Å². The van der Waals surface area contributed by atoms with Gasteiger partial charge in [-0.3, -0.25) is 9.79 Å². The number of Topliss-reactive ketones (excluding diaryl/α,β-unsaturated/α-hetero) is 1. The number of rotatable bonds is 18. The monoisotopic (exact) mass is 770 g/mol. The van der Waals surface area contributed by atoms with Crippen molar-refractivity contribution >= 4 is 12.0 Å². The van der Waals surface area contributed by atoms with Crippen LogP contribution in [0.2, 0.25) is 0 Å². The lowest BCUT2D eigenvalue weighted by Gasteiger charge is -2.49. The van der Waals surface area contributed by atoms with E-state index in [1.54, 1.807) is 13.3 Å². The summed E-state index contributed by atoms with van der Waals surface area (Å²) in [7, 11) is 1.55. The molecule has 16 heteroatoms. The van der Waals surface area contributed by atoms with E-state index in [4.69, 9.17) is 30.4 Å². The molecule has 3 fully saturated rings. The van der Waals surface area contributed by atoms with Crippen LogP contribution in [0.4, 0.5) is 0 Å². The second kappa shape index (κ2) is 21.5. The molecule has 15 atom stereocenters. The van der Waals surface area contributed by atoms with Crippen LogP contribution in [0.15, 0.2) is 39.9 Å². The van der Waals surface area contributed by atoms with Crippen molar-refractivity contribution in [1.82, 2.24) is 5.32 Å². The van der Waals surface area contributed by atoms with Gasteiger partial charge in [-0.05, 0) is 85.8 Å². The Bertz CT molecular complexity index is 1300. The van der Waals surface area contributed by atoms with Crippen LogP contribution in [-0.2, 0) is 23.7 Å². The molecule has 0 bridgehead atoms. The van der Waals surface area contributed by atoms with Crippen molar-refractivity contribution in [2.24, 2.45) is 22.4 Å². The molecule has 310 valence electrons. The molecular formula is C38H66N4O12. The highest BCUT2D eigenvalue weighted by Crippen LogP contribution is 2.36. The topological polar surface area (TPSA) is 272 Å². The van der Waals surface area contributed by atoms with Crippen molar-refractivity contribution in [3.63, 3.8) is 0 Å². The molecule has 16 nitrogen and oxygen atoms in total.